The largest absolute Gasteiger partial charge is 0.441 e. The molecule has 1 atom stereocenters. The summed E-state index contributed by atoms with van der Waals surface area (Å²) >= 11 is 1.43. The van der Waals surface area contributed by atoms with Gasteiger partial charge in [0, 0.05) is 16.9 Å². The van der Waals surface area contributed by atoms with Crippen LogP contribution < -0.4 is 10.8 Å². The number of ether oxygens (including phenoxy) is 1. The molecule has 172 valence electrons. The fourth-order valence-corrected chi connectivity index (χ4v) is 4.44. The highest BCUT2D eigenvalue weighted by Crippen LogP contribution is 2.33. The van der Waals surface area contributed by atoms with E-state index in [0.717, 1.165) is 22.7 Å². The summed E-state index contributed by atoms with van der Waals surface area (Å²) in [6, 6.07) is 4.98. The lowest BCUT2D eigenvalue weighted by molar-refractivity contribution is -0.137. The van der Waals surface area contributed by atoms with Gasteiger partial charge >= 0.3 is 6.18 Å². The molecule has 0 saturated heterocycles. The minimum absolute atomic E-state index is 0.233. The number of fused-ring (bicyclic) bond motifs is 1. The fraction of sp³-hybridized carbons (Fsp3) is 0.304. The average Bonchev–Trinajstić information content (AvgIpc) is 3.37. The summed E-state index contributed by atoms with van der Waals surface area (Å²) < 4.78 is 49.5. The number of oxazole rings is 1. The number of hydrogen-bond donors (Lipinski definition) is 0. The van der Waals surface area contributed by atoms with Crippen LogP contribution in [0, 0.1) is 6.92 Å². The minimum Gasteiger partial charge on any atom is -0.441 e. The van der Waals surface area contributed by atoms with E-state index in [-0.39, 0.29) is 19.0 Å². The van der Waals surface area contributed by atoms with E-state index in [1.54, 1.807) is 6.08 Å². The predicted molar refractivity (Wildman–Crippen MR) is 115 cm³/mol. The van der Waals surface area contributed by atoms with Crippen LogP contribution >= 0.6 is 11.3 Å². The molecule has 0 N–H and O–H groups in total. The zero-order chi connectivity index (χ0) is 23.6. The molecule has 1 aliphatic rings. The van der Waals surface area contributed by atoms with Crippen LogP contribution in [0.4, 0.5) is 13.2 Å². The summed E-state index contributed by atoms with van der Waals surface area (Å²) in [5.74, 6) is -0.0772. The minimum atomic E-state index is -4.37. The maximum atomic E-state index is 12.8. The van der Waals surface area contributed by atoms with Gasteiger partial charge in [0.15, 0.2) is 17.6 Å². The van der Waals surface area contributed by atoms with Gasteiger partial charge < -0.3 is 9.15 Å². The van der Waals surface area contributed by atoms with Gasteiger partial charge in [-0.25, -0.2) is 9.97 Å². The van der Waals surface area contributed by atoms with Crippen molar-refractivity contribution in [3.8, 4) is 10.6 Å². The summed E-state index contributed by atoms with van der Waals surface area (Å²) in [5.41, 5.74) is 1.40. The predicted octanol–water partition coefficient (Wildman–Crippen LogP) is 3.03. The molecule has 4 rings (SSSR count). The Labute approximate surface area is 190 Å². The molecule has 0 amide bonds. The van der Waals surface area contributed by atoms with E-state index in [0.29, 0.717) is 46.5 Å². The van der Waals surface area contributed by atoms with Gasteiger partial charge in [-0.05, 0) is 44.1 Å². The van der Waals surface area contributed by atoms with E-state index < -0.39 is 17.5 Å². The molecule has 2 heterocycles. The second kappa shape index (κ2) is 9.40. The third kappa shape index (κ3) is 5.45. The van der Waals surface area contributed by atoms with Crippen molar-refractivity contribution < 1.29 is 31.9 Å². The molecule has 0 saturated carbocycles. The van der Waals surface area contributed by atoms with E-state index in [1.165, 1.54) is 23.5 Å². The summed E-state index contributed by atoms with van der Waals surface area (Å²) in [6.07, 6.45) is 0.773. The summed E-state index contributed by atoms with van der Waals surface area (Å²) in [4.78, 5) is 31.5. The van der Waals surface area contributed by atoms with Crippen molar-refractivity contribution in [1.82, 2.24) is 9.97 Å². The van der Waals surface area contributed by atoms with Crippen molar-refractivity contribution in [2.75, 3.05) is 6.61 Å². The first-order chi connectivity index (χ1) is 15.7. The second-order valence-electron chi connectivity index (χ2n) is 7.50. The zero-order valence-corrected chi connectivity index (χ0v) is 18.3. The van der Waals surface area contributed by atoms with Crippen LogP contribution in [-0.2, 0) is 33.3 Å². The molecular formula is C23H19F3N2O4S. The number of aldehydes is 1. The molecule has 33 heavy (non-hydrogen) atoms. The van der Waals surface area contributed by atoms with Gasteiger partial charge in [-0.3, -0.25) is 9.59 Å². The first kappa shape index (κ1) is 23.1. The topological polar surface area (TPSA) is 82.3 Å². The molecule has 0 aliphatic heterocycles. The number of hydrogen-bond acceptors (Lipinski definition) is 7. The molecule has 2 aromatic heterocycles. The van der Waals surface area contributed by atoms with E-state index in [9.17, 15) is 22.8 Å². The molecule has 10 heteroatoms. The van der Waals surface area contributed by atoms with Crippen LogP contribution in [0.25, 0.3) is 22.7 Å². The van der Waals surface area contributed by atoms with Gasteiger partial charge in [-0.2, -0.15) is 13.2 Å². The molecule has 0 fully saturated rings. The van der Waals surface area contributed by atoms with E-state index in [4.69, 9.17) is 9.15 Å². The summed E-state index contributed by atoms with van der Waals surface area (Å²) in [5, 5.41) is 1.29. The number of rotatable bonds is 8. The number of thiazole rings is 1. The van der Waals surface area contributed by atoms with Crippen LogP contribution in [-0.4, -0.2) is 34.7 Å². The Morgan fingerprint density at radius 1 is 1.24 bits per heavy atom. The average molecular weight is 476 g/mol. The lowest BCUT2D eigenvalue weighted by atomic mass is 10.1. The van der Waals surface area contributed by atoms with Gasteiger partial charge in [0.25, 0.3) is 0 Å². The Bertz CT molecular complexity index is 1290. The van der Waals surface area contributed by atoms with E-state index in [2.05, 4.69) is 9.97 Å². The maximum absolute atomic E-state index is 12.8. The standard InChI is InChI=1S/C23H19F3N2O4S/c1-13-20(33-22(27-13)14-2-4-15(5-3-14)23(24,25)26)8-9-21-28-18-10-17(6-7-19(18)32-21)31-12-16(30)11-29/h2-5,7,10-11,17H,6,8-9,12H2,1H3. The Balaban J connectivity index is 1.43. The molecule has 1 unspecified atom stereocenters. The molecule has 1 aromatic carbocycles. The van der Waals surface area contributed by atoms with Crippen molar-refractivity contribution in [2.24, 2.45) is 0 Å². The molecule has 6 nitrogen and oxygen atoms in total. The lowest BCUT2D eigenvalue weighted by Gasteiger charge is -2.11. The highest BCUT2D eigenvalue weighted by Gasteiger charge is 2.30. The Kier molecular flexibility index (Phi) is 6.57. The number of benzene rings is 1. The highest BCUT2D eigenvalue weighted by molar-refractivity contribution is 7.15. The van der Waals surface area contributed by atoms with E-state index in [1.807, 2.05) is 13.0 Å². The van der Waals surface area contributed by atoms with Gasteiger partial charge in [0.1, 0.15) is 17.0 Å². The lowest BCUT2D eigenvalue weighted by Crippen LogP contribution is -2.31. The number of carbonyl (C=O) groups is 2. The van der Waals surface area contributed by atoms with Gasteiger partial charge in [-0.1, -0.05) is 12.1 Å². The molecule has 0 spiro atoms. The van der Waals surface area contributed by atoms with Crippen molar-refractivity contribution in [3.05, 3.63) is 57.1 Å². The number of carbonyl (C=O) groups excluding carboxylic acids is 2. The van der Waals surface area contributed by atoms with Crippen LogP contribution in [0.1, 0.15) is 28.4 Å². The smallest absolute Gasteiger partial charge is 0.416 e. The van der Waals surface area contributed by atoms with E-state index >= 15 is 0 Å². The normalized spacial score (nSPS) is 15.5. The maximum Gasteiger partial charge on any atom is 0.416 e. The number of aryl methyl sites for hydroxylation is 3. The Morgan fingerprint density at radius 2 is 2.00 bits per heavy atom. The Hall–Kier alpha value is -3.11. The number of ketones is 1. The molecule has 1 aliphatic carbocycles. The van der Waals surface area contributed by atoms with Gasteiger partial charge in [-0.15, -0.1) is 11.3 Å². The van der Waals surface area contributed by atoms with Crippen molar-refractivity contribution >= 4 is 35.6 Å². The van der Waals surface area contributed by atoms with Crippen LogP contribution in [0.3, 0.4) is 0 Å². The zero-order valence-electron chi connectivity index (χ0n) is 17.5. The third-order valence-electron chi connectivity index (χ3n) is 5.09. The Morgan fingerprint density at radius 3 is 2.70 bits per heavy atom. The molecule has 0 bridgehead atoms. The number of aromatic nitrogens is 2. The van der Waals surface area contributed by atoms with Crippen molar-refractivity contribution in [2.45, 2.75) is 38.5 Å². The van der Waals surface area contributed by atoms with Crippen molar-refractivity contribution in [1.29, 1.82) is 0 Å². The first-order valence-electron chi connectivity index (χ1n) is 10.1. The summed E-state index contributed by atoms with van der Waals surface area (Å²) in [7, 11) is 0. The second-order valence-corrected chi connectivity index (χ2v) is 8.58. The molecule has 3 aromatic rings. The first-order valence-corrected chi connectivity index (χ1v) is 11.0. The van der Waals surface area contributed by atoms with Gasteiger partial charge in [0.05, 0.1) is 17.4 Å². The SMILES string of the molecule is Cc1nc(-c2ccc(C(F)(F)F)cc2)sc1CCc1nc2c(o1)=CCC(OCC(=O)C=O)C=2. The number of halogens is 3. The number of Topliss-reactive ketones (excluding diaryl/α,β-unsaturated/α-hetero) is 1. The third-order valence-corrected chi connectivity index (χ3v) is 6.36. The van der Waals surface area contributed by atoms with Crippen LogP contribution in [0.5, 0.6) is 0 Å². The number of alkyl halides is 3. The quantitative estimate of drug-likeness (QED) is 0.367. The monoisotopic (exact) mass is 476 g/mol. The van der Waals surface area contributed by atoms with Crippen LogP contribution in [0.2, 0.25) is 0 Å². The van der Waals surface area contributed by atoms with Crippen LogP contribution in [0.15, 0.2) is 28.7 Å². The fourth-order valence-electron chi connectivity index (χ4n) is 3.38. The van der Waals surface area contributed by atoms with Gasteiger partial charge in [0.2, 0.25) is 5.78 Å². The van der Waals surface area contributed by atoms with Crippen molar-refractivity contribution in [3.63, 3.8) is 0 Å². The molecular weight excluding hydrogens is 457 g/mol. The summed E-state index contributed by atoms with van der Waals surface area (Å²) in [6.45, 7) is 1.59. The number of nitrogens with zero attached hydrogens (tertiary/aromatic N) is 2. The highest BCUT2D eigenvalue weighted by atomic mass is 32.1. The molecule has 0 radical (unpaired) electrons.